The summed E-state index contributed by atoms with van der Waals surface area (Å²) in [5.74, 6) is -1.61. The summed E-state index contributed by atoms with van der Waals surface area (Å²) in [7, 11) is -3.92. The molecule has 0 aromatic heterocycles. The third kappa shape index (κ3) is 3.27. The van der Waals surface area contributed by atoms with Crippen LogP contribution in [0.25, 0.3) is 10.8 Å². The van der Waals surface area contributed by atoms with E-state index in [0.717, 1.165) is 0 Å². The maximum atomic E-state index is 14.1. The van der Waals surface area contributed by atoms with Crippen LogP contribution in [0.2, 0.25) is 0 Å². The van der Waals surface area contributed by atoms with Crippen molar-refractivity contribution in [3.63, 3.8) is 0 Å². The standard InChI is InChI=1S/C17H13FN2O3S/c18-16-11-13-7-5-4-6-12(13)10-15(16)17(21)19-20-24(22,23)14-8-2-1-3-9-14/h1-11,20H,(H,19,21). The number of fused-ring (bicyclic) bond motifs is 1. The number of halogens is 1. The Labute approximate surface area is 138 Å². The summed E-state index contributed by atoms with van der Waals surface area (Å²) in [6, 6.07) is 17.1. The summed E-state index contributed by atoms with van der Waals surface area (Å²) >= 11 is 0. The Morgan fingerprint density at radius 1 is 0.875 bits per heavy atom. The van der Waals surface area contributed by atoms with Gasteiger partial charge in [0.05, 0.1) is 10.5 Å². The Balaban J connectivity index is 1.82. The lowest BCUT2D eigenvalue weighted by Gasteiger charge is -2.09. The van der Waals surface area contributed by atoms with Crippen molar-refractivity contribution in [3.05, 3.63) is 78.1 Å². The van der Waals surface area contributed by atoms with Crippen LogP contribution in [0.1, 0.15) is 10.4 Å². The van der Waals surface area contributed by atoms with E-state index < -0.39 is 21.7 Å². The number of sulfonamides is 1. The van der Waals surface area contributed by atoms with Gasteiger partial charge in [0, 0.05) is 0 Å². The maximum Gasteiger partial charge on any atom is 0.269 e. The summed E-state index contributed by atoms with van der Waals surface area (Å²) in [6.07, 6.45) is 0. The highest BCUT2D eigenvalue weighted by molar-refractivity contribution is 7.89. The SMILES string of the molecule is O=C(NNS(=O)(=O)c1ccccc1)c1cc2ccccc2cc1F. The first-order chi connectivity index (χ1) is 11.5. The molecule has 3 aromatic rings. The van der Waals surface area contributed by atoms with Gasteiger partial charge in [-0.15, -0.1) is 4.83 Å². The fourth-order valence-electron chi connectivity index (χ4n) is 2.23. The Hall–Kier alpha value is -2.77. The number of amides is 1. The molecule has 0 aliphatic carbocycles. The molecule has 0 unspecified atom stereocenters. The molecule has 7 heteroatoms. The Bertz CT molecular complexity index is 1000. The van der Waals surface area contributed by atoms with Gasteiger partial charge in [-0.3, -0.25) is 10.2 Å². The molecular formula is C17H13FN2O3S. The van der Waals surface area contributed by atoms with E-state index in [9.17, 15) is 17.6 Å². The van der Waals surface area contributed by atoms with Gasteiger partial charge in [0.1, 0.15) is 5.82 Å². The molecule has 3 rings (SSSR count). The van der Waals surface area contributed by atoms with Crippen LogP contribution in [0, 0.1) is 5.82 Å². The van der Waals surface area contributed by atoms with Crippen molar-refractivity contribution < 1.29 is 17.6 Å². The first-order valence-electron chi connectivity index (χ1n) is 7.03. The van der Waals surface area contributed by atoms with E-state index in [4.69, 9.17) is 0 Å². The number of carbonyl (C=O) groups excluding carboxylic acids is 1. The number of hydrazine groups is 1. The second kappa shape index (κ2) is 6.38. The lowest BCUT2D eigenvalue weighted by atomic mass is 10.1. The van der Waals surface area contributed by atoms with Crippen LogP contribution in [-0.2, 0) is 10.0 Å². The molecule has 0 aliphatic rings. The lowest BCUT2D eigenvalue weighted by molar-refractivity contribution is 0.0941. The molecule has 0 fully saturated rings. The molecule has 0 bridgehead atoms. The molecule has 122 valence electrons. The predicted octanol–water partition coefficient (Wildman–Crippen LogP) is 2.60. The van der Waals surface area contributed by atoms with Crippen LogP contribution in [0.3, 0.4) is 0 Å². The lowest BCUT2D eigenvalue weighted by Crippen LogP contribution is -2.41. The molecule has 5 nitrogen and oxygen atoms in total. The van der Waals surface area contributed by atoms with E-state index >= 15 is 0 Å². The molecule has 2 N–H and O–H groups in total. The molecule has 0 radical (unpaired) electrons. The first-order valence-corrected chi connectivity index (χ1v) is 8.51. The summed E-state index contributed by atoms with van der Waals surface area (Å²) in [5, 5.41) is 1.33. The van der Waals surface area contributed by atoms with Crippen molar-refractivity contribution in [2.24, 2.45) is 0 Å². The van der Waals surface area contributed by atoms with Gasteiger partial charge in [0.25, 0.3) is 15.9 Å². The van der Waals surface area contributed by atoms with E-state index in [2.05, 4.69) is 0 Å². The van der Waals surface area contributed by atoms with Crippen molar-refractivity contribution in [1.29, 1.82) is 0 Å². The summed E-state index contributed by atoms with van der Waals surface area (Å²) in [6.45, 7) is 0. The zero-order valence-electron chi connectivity index (χ0n) is 12.4. The molecule has 3 aromatic carbocycles. The van der Waals surface area contributed by atoms with Crippen molar-refractivity contribution in [2.75, 3.05) is 0 Å². The number of benzene rings is 3. The van der Waals surface area contributed by atoms with Gasteiger partial charge in [-0.05, 0) is 35.0 Å². The fraction of sp³-hybridized carbons (Fsp3) is 0. The molecule has 0 heterocycles. The van der Waals surface area contributed by atoms with E-state index in [1.54, 1.807) is 42.5 Å². The smallest absolute Gasteiger partial charge is 0.269 e. The normalized spacial score (nSPS) is 11.4. The van der Waals surface area contributed by atoms with Gasteiger partial charge in [0.2, 0.25) is 0 Å². The second-order valence-electron chi connectivity index (χ2n) is 5.05. The van der Waals surface area contributed by atoms with Crippen molar-refractivity contribution in [1.82, 2.24) is 10.3 Å². The monoisotopic (exact) mass is 344 g/mol. The van der Waals surface area contributed by atoms with Gasteiger partial charge < -0.3 is 0 Å². The van der Waals surface area contributed by atoms with Crippen molar-refractivity contribution in [2.45, 2.75) is 4.90 Å². The van der Waals surface area contributed by atoms with Gasteiger partial charge in [-0.2, -0.15) is 0 Å². The van der Waals surface area contributed by atoms with Crippen LogP contribution in [0.4, 0.5) is 4.39 Å². The zero-order valence-corrected chi connectivity index (χ0v) is 13.2. The molecular weight excluding hydrogens is 331 g/mol. The molecule has 0 saturated carbocycles. The first kappa shape index (κ1) is 16.1. The number of carbonyl (C=O) groups is 1. The summed E-state index contributed by atoms with van der Waals surface area (Å²) in [4.78, 5) is 14.1. The van der Waals surface area contributed by atoms with Gasteiger partial charge in [-0.25, -0.2) is 12.8 Å². The fourth-order valence-corrected chi connectivity index (χ4v) is 3.09. The van der Waals surface area contributed by atoms with Crippen molar-refractivity contribution in [3.8, 4) is 0 Å². The van der Waals surface area contributed by atoms with E-state index in [1.165, 1.54) is 24.3 Å². The quantitative estimate of drug-likeness (QED) is 0.715. The predicted molar refractivity (Wildman–Crippen MR) is 88.1 cm³/mol. The third-order valence-corrected chi connectivity index (χ3v) is 4.70. The maximum absolute atomic E-state index is 14.1. The molecule has 1 amide bonds. The molecule has 0 atom stereocenters. The average molecular weight is 344 g/mol. The Morgan fingerprint density at radius 2 is 1.46 bits per heavy atom. The molecule has 0 spiro atoms. The number of hydrogen-bond donors (Lipinski definition) is 2. The average Bonchev–Trinajstić information content (AvgIpc) is 2.60. The van der Waals surface area contributed by atoms with E-state index in [0.29, 0.717) is 10.8 Å². The Morgan fingerprint density at radius 3 is 2.12 bits per heavy atom. The van der Waals surface area contributed by atoms with Crippen LogP contribution >= 0.6 is 0 Å². The highest BCUT2D eigenvalue weighted by Crippen LogP contribution is 2.19. The highest BCUT2D eigenvalue weighted by atomic mass is 32.2. The van der Waals surface area contributed by atoms with Gasteiger partial charge in [0.15, 0.2) is 0 Å². The van der Waals surface area contributed by atoms with Gasteiger partial charge >= 0.3 is 0 Å². The van der Waals surface area contributed by atoms with E-state index in [-0.39, 0.29) is 10.5 Å². The van der Waals surface area contributed by atoms with Gasteiger partial charge in [-0.1, -0.05) is 42.5 Å². The van der Waals surface area contributed by atoms with Crippen LogP contribution < -0.4 is 10.3 Å². The number of hydrogen-bond acceptors (Lipinski definition) is 3. The Kier molecular flexibility index (Phi) is 4.28. The minimum Gasteiger partial charge on any atom is -0.273 e. The van der Waals surface area contributed by atoms with Crippen LogP contribution in [0.15, 0.2) is 71.6 Å². The summed E-state index contributed by atoms with van der Waals surface area (Å²) in [5.41, 5.74) is 1.78. The molecule has 24 heavy (non-hydrogen) atoms. The third-order valence-electron chi connectivity index (χ3n) is 3.43. The van der Waals surface area contributed by atoms with Crippen LogP contribution in [0.5, 0.6) is 0 Å². The highest BCUT2D eigenvalue weighted by Gasteiger charge is 2.17. The zero-order chi connectivity index (χ0) is 17.2. The minimum atomic E-state index is -3.92. The molecule has 0 saturated heterocycles. The minimum absolute atomic E-state index is 0.00992. The second-order valence-corrected chi connectivity index (χ2v) is 6.73. The van der Waals surface area contributed by atoms with Crippen LogP contribution in [-0.4, -0.2) is 14.3 Å². The number of nitrogens with one attached hydrogen (secondary N) is 2. The number of rotatable bonds is 4. The van der Waals surface area contributed by atoms with Crippen molar-refractivity contribution >= 4 is 26.7 Å². The van der Waals surface area contributed by atoms with E-state index in [1.807, 2.05) is 10.3 Å². The topological polar surface area (TPSA) is 75.3 Å². The largest absolute Gasteiger partial charge is 0.273 e. The summed E-state index contributed by atoms with van der Waals surface area (Å²) < 4.78 is 38.2. The molecule has 0 aliphatic heterocycles.